The van der Waals surface area contributed by atoms with Crippen molar-refractivity contribution >= 4 is 23.6 Å². The standard InChI is InChI=1S/C24H27NO5/c1-23(2,3)30-22(27)25-17-9-7-16(8-10-17)19-13-24(4,5)29-21-18(19)11-15(14-26)12-20(21)28-6/h7-14H,1-6H3,(H,25,27). The third-order valence-corrected chi connectivity index (χ3v) is 4.42. The zero-order chi connectivity index (χ0) is 22.1. The van der Waals surface area contributed by atoms with E-state index in [-0.39, 0.29) is 0 Å². The van der Waals surface area contributed by atoms with Crippen LogP contribution in [0.2, 0.25) is 0 Å². The molecule has 2 aromatic rings. The molecule has 3 rings (SSSR count). The molecule has 0 aliphatic carbocycles. The average Bonchev–Trinajstić information content (AvgIpc) is 2.65. The molecule has 0 saturated carbocycles. The predicted octanol–water partition coefficient (Wildman–Crippen LogP) is 5.46. The molecule has 0 spiro atoms. The second-order valence-electron chi connectivity index (χ2n) is 8.69. The van der Waals surface area contributed by atoms with Gasteiger partial charge in [0.25, 0.3) is 0 Å². The molecule has 6 nitrogen and oxygen atoms in total. The van der Waals surface area contributed by atoms with Gasteiger partial charge in [0.05, 0.1) is 7.11 Å². The van der Waals surface area contributed by atoms with E-state index in [9.17, 15) is 9.59 Å². The van der Waals surface area contributed by atoms with Crippen molar-refractivity contribution in [1.82, 2.24) is 0 Å². The second kappa shape index (κ2) is 7.86. The van der Waals surface area contributed by atoms with Gasteiger partial charge in [-0.1, -0.05) is 12.1 Å². The summed E-state index contributed by atoms with van der Waals surface area (Å²) in [6, 6.07) is 10.9. The summed E-state index contributed by atoms with van der Waals surface area (Å²) in [5, 5.41) is 2.73. The van der Waals surface area contributed by atoms with Crippen molar-refractivity contribution < 1.29 is 23.8 Å². The van der Waals surface area contributed by atoms with E-state index in [2.05, 4.69) is 5.32 Å². The number of nitrogens with one attached hydrogen (secondary N) is 1. The molecular weight excluding hydrogens is 382 g/mol. The molecule has 0 unspecified atom stereocenters. The molecule has 1 N–H and O–H groups in total. The fraction of sp³-hybridized carbons (Fsp3) is 0.333. The maximum Gasteiger partial charge on any atom is 0.412 e. The van der Waals surface area contributed by atoms with Crippen molar-refractivity contribution in [2.45, 2.75) is 45.8 Å². The molecule has 0 bridgehead atoms. The van der Waals surface area contributed by atoms with E-state index in [0.717, 1.165) is 23.0 Å². The summed E-state index contributed by atoms with van der Waals surface area (Å²) >= 11 is 0. The number of anilines is 1. The van der Waals surface area contributed by atoms with Crippen LogP contribution in [0.4, 0.5) is 10.5 Å². The van der Waals surface area contributed by atoms with Gasteiger partial charge >= 0.3 is 6.09 Å². The van der Waals surface area contributed by atoms with Gasteiger partial charge in [-0.05, 0) is 76.1 Å². The Labute approximate surface area is 176 Å². The van der Waals surface area contributed by atoms with Crippen molar-refractivity contribution in [2.24, 2.45) is 0 Å². The van der Waals surface area contributed by atoms with Crippen molar-refractivity contribution in [1.29, 1.82) is 0 Å². The molecule has 1 aliphatic heterocycles. The van der Waals surface area contributed by atoms with Crippen LogP contribution in [0.1, 0.15) is 56.1 Å². The zero-order valence-corrected chi connectivity index (χ0v) is 18.2. The first-order valence-corrected chi connectivity index (χ1v) is 9.71. The van der Waals surface area contributed by atoms with Gasteiger partial charge in [0.2, 0.25) is 0 Å². The highest BCUT2D eigenvalue weighted by molar-refractivity contribution is 5.90. The van der Waals surface area contributed by atoms with Gasteiger partial charge in [-0.2, -0.15) is 0 Å². The number of fused-ring (bicyclic) bond motifs is 1. The monoisotopic (exact) mass is 409 g/mol. The minimum absolute atomic E-state index is 0.503. The Morgan fingerprint density at radius 1 is 1.13 bits per heavy atom. The smallest absolute Gasteiger partial charge is 0.412 e. The lowest BCUT2D eigenvalue weighted by atomic mass is 9.88. The normalized spacial score (nSPS) is 14.7. The highest BCUT2D eigenvalue weighted by atomic mass is 16.6. The summed E-state index contributed by atoms with van der Waals surface area (Å²) < 4.78 is 16.9. The Morgan fingerprint density at radius 3 is 2.37 bits per heavy atom. The number of carbonyl (C=O) groups is 2. The third-order valence-electron chi connectivity index (χ3n) is 4.42. The summed E-state index contributed by atoms with van der Waals surface area (Å²) in [5.41, 5.74) is 2.62. The Bertz CT molecular complexity index is 997. The van der Waals surface area contributed by atoms with Gasteiger partial charge in [-0.3, -0.25) is 10.1 Å². The minimum Gasteiger partial charge on any atom is -0.493 e. The molecular formula is C24H27NO5. The van der Waals surface area contributed by atoms with Crippen LogP contribution in [-0.4, -0.2) is 30.7 Å². The lowest BCUT2D eigenvalue weighted by molar-refractivity contribution is 0.0635. The number of benzene rings is 2. The molecule has 1 aliphatic rings. The van der Waals surface area contributed by atoms with E-state index in [4.69, 9.17) is 14.2 Å². The molecule has 0 fully saturated rings. The first-order chi connectivity index (χ1) is 14.0. The third kappa shape index (κ3) is 4.82. The molecule has 0 atom stereocenters. The van der Waals surface area contributed by atoms with Crippen LogP contribution in [0.5, 0.6) is 11.5 Å². The molecule has 0 aromatic heterocycles. The maximum absolute atomic E-state index is 12.0. The van der Waals surface area contributed by atoms with Crippen LogP contribution in [0.15, 0.2) is 42.5 Å². The number of methoxy groups -OCH3 is 1. The molecule has 6 heteroatoms. The van der Waals surface area contributed by atoms with Crippen LogP contribution in [0.3, 0.4) is 0 Å². The Hall–Kier alpha value is -3.28. The van der Waals surface area contributed by atoms with Crippen molar-refractivity contribution in [3.05, 3.63) is 59.2 Å². The van der Waals surface area contributed by atoms with Gasteiger partial charge in [-0.25, -0.2) is 4.79 Å². The topological polar surface area (TPSA) is 73.9 Å². The lowest BCUT2D eigenvalue weighted by Gasteiger charge is -2.32. The molecule has 0 radical (unpaired) electrons. The minimum atomic E-state index is -0.568. The summed E-state index contributed by atoms with van der Waals surface area (Å²) in [7, 11) is 1.55. The predicted molar refractivity (Wildman–Crippen MR) is 116 cm³/mol. The van der Waals surface area contributed by atoms with Crippen molar-refractivity contribution in [3.8, 4) is 11.5 Å². The van der Waals surface area contributed by atoms with Crippen molar-refractivity contribution in [3.63, 3.8) is 0 Å². The number of hydrogen-bond acceptors (Lipinski definition) is 5. The number of ether oxygens (including phenoxy) is 3. The summed E-state index contributed by atoms with van der Waals surface area (Å²) in [5.74, 6) is 1.11. The first-order valence-electron chi connectivity index (χ1n) is 9.71. The Balaban J connectivity index is 1.96. The van der Waals surface area contributed by atoms with Crippen LogP contribution >= 0.6 is 0 Å². The van der Waals surface area contributed by atoms with Crippen molar-refractivity contribution in [2.75, 3.05) is 12.4 Å². The van der Waals surface area contributed by atoms with Crippen LogP contribution in [0, 0.1) is 0 Å². The van der Waals surface area contributed by atoms with E-state index >= 15 is 0 Å². The highest BCUT2D eigenvalue weighted by Gasteiger charge is 2.30. The SMILES string of the molecule is COc1cc(C=O)cc2c1OC(C)(C)C=C2c1ccc(NC(=O)OC(C)(C)C)cc1. The first kappa shape index (κ1) is 21.4. The number of amides is 1. The van der Waals surface area contributed by atoms with E-state index in [0.29, 0.717) is 22.7 Å². The van der Waals surface area contributed by atoms with Gasteiger partial charge in [0.15, 0.2) is 11.5 Å². The van der Waals surface area contributed by atoms with E-state index in [1.54, 1.807) is 19.2 Å². The largest absolute Gasteiger partial charge is 0.493 e. The molecule has 0 saturated heterocycles. The molecule has 1 heterocycles. The van der Waals surface area contributed by atoms with E-state index < -0.39 is 17.3 Å². The Kier molecular flexibility index (Phi) is 5.61. The van der Waals surface area contributed by atoms with Crippen LogP contribution in [-0.2, 0) is 4.74 Å². The quantitative estimate of drug-likeness (QED) is 0.679. The fourth-order valence-electron chi connectivity index (χ4n) is 3.26. The van der Waals surface area contributed by atoms with E-state index in [1.807, 2.05) is 65.0 Å². The van der Waals surface area contributed by atoms with E-state index in [1.165, 1.54) is 0 Å². The number of rotatable bonds is 4. The maximum atomic E-state index is 12.0. The lowest BCUT2D eigenvalue weighted by Crippen LogP contribution is -2.29. The summed E-state index contributed by atoms with van der Waals surface area (Å²) in [4.78, 5) is 23.4. The Morgan fingerprint density at radius 2 is 1.80 bits per heavy atom. The molecule has 2 aromatic carbocycles. The zero-order valence-electron chi connectivity index (χ0n) is 18.2. The molecule has 158 valence electrons. The highest BCUT2D eigenvalue weighted by Crippen LogP contribution is 2.45. The van der Waals surface area contributed by atoms with Crippen LogP contribution < -0.4 is 14.8 Å². The summed E-state index contributed by atoms with van der Waals surface area (Å²) in [6.45, 7) is 9.36. The average molecular weight is 409 g/mol. The number of hydrogen-bond donors (Lipinski definition) is 1. The van der Waals surface area contributed by atoms with Gasteiger partial charge in [-0.15, -0.1) is 0 Å². The van der Waals surface area contributed by atoms with Crippen LogP contribution in [0.25, 0.3) is 5.57 Å². The van der Waals surface area contributed by atoms with Gasteiger partial charge in [0.1, 0.15) is 17.5 Å². The van der Waals surface area contributed by atoms with Gasteiger partial charge < -0.3 is 14.2 Å². The summed E-state index contributed by atoms with van der Waals surface area (Å²) in [6.07, 6.45) is 2.29. The molecule has 1 amide bonds. The fourth-order valence-corrected chi connectivity index (χ4v) is 3.26. The van der Waals surface area contributed by atoms with Gasteiger partial charge in [0, 0.05) is 16.8 Å². The molecule has 30 heavy (non-hydrogen) atoms. The number of aldehydes is 1. The second-order valence-corrected chi connectivity index (χ2v) is 8.69. The number of carbonyl (C=O) groups excluding carboxylic acids is 2.